The minimum absolute atomic E-state index is 0.0376. The van der Waals surface area contributed by atoms with Gasteiger partial charge in [-0.05, 0) is 57.6 Å². The van der Waals surface area contributed by atoms with Gasteiger partial charge in [-0.2, -0.15) is 10.2 Å². The number of halogens is 2. The Labute approximate surface area is 186 Å². The summed E-state index contributed by atoms with van der Waals surface area (Å²) in [7, 11) is 1.93. The smallest absolute Gasteiger partial charge is 0.171 e. The molecule has 0 saturated carbocycles. The molecule has 2 N–H and O–H groups in total. The quantitative estimate of drug-likeness (QED) is 0.538. The van der Waals surface area contributed by atoms with Crippen molar-refractivity contribution in [2.45, 2.75) is 40.3 Å². The second-order valence-electron chi connectivity index (χ2n) is 7.08. The molecule has 0 aliphatic rings. The molecule has 6 nitrogen and oxygen atoms in total. The zero-order chi connectivity index (χ0) is 21.3. The third kappa shape index (κ3) is 4.74. The Kier molecular flexibility index (Phi) is 6.51. The molecule has 0 amide bonds. The van der Waals surface area contributed by atoms with E-state index in [-0.39, 0.29) is 6.04 Å². The van der Waals surface area contributed by atoms with E-state index in [9.17, 15) is 0 Å². The zero-order valence-electron chi connectivity index (χ0n) is 17.0. The second-order valence-corrected chi connectivity index (χ2v) is 8.30. The van der Waals surface area contributed by atoms with Crippen molar-refractivity contribution < 1.29 is 0 Å². The lowest BCUT2D eigenvalue weighted by molar-refractivity contribution is 0.659. The van der Waals surface area contributed by atoms with Crippen molar-refractivity contribution in [1.29, 1.82) is 0 Å². The predicted octanol–water partition coefficient (Wildman–Crippen LogP) is 4.94. The molecule has 0 aliphatic heterocycles. The van der Waals surface area contributed by atoms with Gasteiger partial charge in [0.15, 0.2) is 5.11 Å². The van der Waals surface area contributed by atoms with Crippen LogP contribution in [0.25, 0.3) is 0 Å². The summed E-state index contributed by atoms with van der Waals surface area (Å²) >= 11 is 17.7. The highest BCUT2D eigenvalue weighted by molar-refractivity contribution is 7.80. The maximum Gasteiger partial charge on any atom is 0.171 e. The van der Waals surface area contributed by atoms with Crippen LogP contribution < -0.4 is 10.6 Å². The Morgan fingerprint density at radius 2 is 1.90 bits per heavy atom. The van der Waals surface area contributed by atoms with Gasteiger partial charge in [-0.1, -0.05) is 29.3 Å². The van der Waals surface area contributed by atoms with Crippen LogP contribution in [-0.4, -0.2) is 24.7 Å². The summed E-state index contributed by atoms with van der Waals surface area (Å²) in [5.41, 5.74) is 6.01. The number of aromatic nitrogens is 4. The van der Waals surface area contributed by atoms with Gasteiger partial charge in [0.25, 0.3) is 0 Å². The van der Waals surface area contributed by atoms with E-state index in [0.29, 0.717) is 21.7 Å². The molecule has 1 atom stereocenters. The summed E-state index contributed by atoms with van der Waals surface area (Å²) in [6.45, 7) is 8.66. The normalized spacial score (nSPS) is 12.1. The van der Waals surface area contributed by atoms with Crippen molar-refractivity contribution in [2.24, 2.45) is 7.05 Å². The van der Waals surface area contributed by atoms with Crippen molar-refractivity contribution in [1.82, 2.24) is 24.9 Å². The van der Waals surface area contributed by atoms with Crippen molar-refractivity contribution in [2.75, 3.05) is 5.32 Å². The molecule has 1 unspecified atom stereocenters. The van der Waals surface area contributed by atoms with Gasteiger partial charge in [0.1, 0.15) is 0 Å². The average molecular weight is 451 g/mol. The summed E-state index contributed by atoms with van der Waals surface area (Å²) in [5, 5.41) is 17.2. The molecule has 0 saturated heterocycles. The molecule has 2 aromatic heterocycles. The molecule has 0 radical (unpaired) electrons. The summed E-state index contributed by atoms with van der Waals surface area (Å²) in [5.74, 6) is 0. The Morgan fingerprint density at radius 3 is 2.52 bits per heavy atom. The zero-order valence-corrected chi connectivity index (χ0v) is 19.4. The highest BCUT2D eigenvalue weighted by Gasteiger charge is 2.16. The predicted molar refractivity (Wildman–Crippen MR) is 123 cm³/mol. The number of benzene rings is 1. The van der Waals surface area contributed by atoms with E-state index in [2.05, 4.69) is 27.8 Å². The number of thiocarbonyl (C=S) groups is 1. The van der Waals surface area contributed by atoms with Gasteiger partial charge in [0, 0.05) is 18.3 Å². The Balaban J connectivity index is 1.71. The summed E-state index contributed by atoms with van der Waals surface area (Å²) in [6, 6.07) is 5.64. The van der Waals surface area contributed by atoms with Crippen molar-refractivity contribution in [3.8, 4) is 0 Å². The highest BCUT2D eigenvalue weighted by atomic mass is 35.5. The van der Waals surface area contributed by atoms with E-state index >= 15 is 0 Å². The first-order valence-electron chi connectivity index (χ1n) is 9.21. The van der Waals surface area contributed by atoms with Crippen molar-refractivity contribution >= 4 is 46.2 Å². The second kappa shape index (κ2) is 8.73. The number of hydrogen-bond acceptors (Lipinski definition) is 3. The fraction of sp³-hybridized carbons (Fsp3) is 0.350. The first kappa shape index (κ1) is 21.6. The van der Waals surface area contributed by atoms with Gasteiger partial charge in [0.05, 0.1) is 45.9 Å². The molecule has 1 aromatic carbocycles. The van der Waals surface area contributed by atoms with Crippen LogP contribution in [0.1, 0.15) is 41.2 Å². The minimum atomic E-state index is 0.0376. The van der Waals surface area contributed by atoms with Crippen LogP contribution in [-0.2, 0) is 13.6 Å². The van der Waals surface area contributed by atoms with Gasteiger partial charge < -0.3 is 10.6 Å². The molecular formula is C20H24Cl2N6S. The van der Waals surface area contributed by atoms with Crippen LogP contribution in [0.3, 0.4) is 0 Å². The largest absolute Gasteiger partial charge is 0.356 e. The van der Waals surface area contributed by atoms with Crippen molar-refractivity contribution in [3.63, 3.8) is 0 Å². The molecule has 0 fully saturated rings. The van der Waals surface area contributed by atoms with E-state index in [1.54, 1.807) is 6.07 Å². The molecule has 0 bridgehead atoms. The fourth-order valence-electron chi connectivity index (χ4n) is 3.21. The van der Waals surface area contributed by atoms with Gasteiger partial charge >= 0.3 is 0 Å². The number of aryl methyl sites for hydroxylation is 2. The molecule has 29 heavy (non-hydrogen) atoms. The standard InChI is InChI=1S/C20H24Cl2N6S/c1-11(16-9-23-27(5)13(16)3)24-20(29)25-19-12(2)26-28(14(19)4)10-15-6-7-17(21)18(22)8-15/h6-9,11H,10H2,1-5H3,(H2,24,25,29). The third-order valence-corrected chi connectivity index (χ3v) is 5.98. The monoisotopic (exact) mass is 450 g/mol. The lowest BCUT2D eigenvalue weighted by Gasteiger charge is -2.17. The van der Waals surface area contributed by atoms with Crippen molar-refractivity contribution in [3.05, 3.63) is 62.6 Å². The van der Waals surface area contributed by atoms with E-state index in [0.717, 1.165) is 33.9 Å². The average Bonchev–Trinajstić information content (AvgIpc) is 3.12. The van der Waals surface area contributed by atoms with Crippen LogP contribution in [0.4, 0.5) is 5.69 Å². The number of anilines is 1. The molecular weight excluding hydrogens is 427 g/mol. The number of hydrogen-bond donors (Lipinski definition) is 2. The third-order valence-electron chi connectivity index (χ3n) is 5.02. The first-order chi connectivity index (χ1) is 13.7. The van der Waals surface area contributed by atoms with Crippen LogP contribution in [0.15, 0.2) is 24.4 Å². The maximum absolute atomic E-state index is 6.13. The van der Waals surface area contributed by atoms with E-state index in [4.69, 9.17) is 35.4 Å². The van der Waals surface area contributed by atoms with E-state index < -0.39 is 0 Å². The van der Waals surface area contributed by atoms with Gasteiger partial charge in [-0.3, -0.25) is 9.36 Å². The van der Waals surface area contributed by atoms with Gasteiger partial charge in [-0.15, -0.1) is 0 Å². The molecule has 0 aliphatic carbocycles. The molecule has 3 rings (SSSR count). The van der Waals surface area contributed by atoms with E-state index in [1.165, 1.54) is 0 Å². The van der Waals surface area contributed by atoms with Crippen LogP contribution in [0.2, 0.25) is 10.0 Å². The summed E-state index contributed by atoms with van der Waals surface area (Å²) < 4.78 is 3.78. The Bertz CT molecular complexity index is 1060. The van der Waals surface area contributed by atoms with Gasteiger partial charge in [-0.25, -0.2) is 0 Å². The molecule has 2 heterocycles. The van der Waals surface area contributed by atoms with E-state index in [1.807, 2.05) is 55.5 Å². The molecule has 3 aromatic rings. The SMILES string of the molecule is Cc1nn(Cc2ccc(Cl)c(Cl)c2)c(C)c1NC(=S)NC(C)c1cnn(C)c1C. The lowest BCUT2D eigenvalue weighted by atomic mass is 10.1. The topological polar surface area (TPSA) is 59.7 Å². The van der Waals surface area contributed by atoms with Crippen LogP contribution in [0, 0.1) is 20.8 Å². The number of rotatable bonds is 5. The van der Waals surface area contributed by atoms with Gasteiger partial charge in [0.2, 0.25) is 0 Å². The fourth-order valence-corrected chi connectivity index (χ4v) is 3.81. The summed E-state index contributed by atoms with van der Waals surface area (Å²) in [6.07, 6.45) is 1.86. The molecule has 154 valence electrons. The maximum atomic E-state index is 6.13. The Hall–Kier alpha value is -2.09. The highest BCUT2D eigenvalue weighted by Crippen LogP contribution is 2.25. The van der Waals surface area contributed by atoms with Crippen LogP contribution >= 0.6 is 35.4 Å². The first-order valence-corrected chi connectivity index (χ1v) is 10.4. The number of nitrogens with one attached hydrogen (secondary N) is 2. The Morgan fingerprint density at radius 1 is 1.17 bits per heavy atom. The minimum Gasteiger partial charge on any atom is -0.356 e. The molecule has 9 heteroatoms. The molecule has 0 spiro atoms. The number of nitrogens with zero attached hydrogens (tertiary/aromatic N) is 4. The lowest BCUT2D eigenvalue weighted by Crippen LogP contribution is -2.31. The van der Waals surface area contributed by atoms with Crippen LogP contribution in [0.5, 0.6) is 0 Å². The summed E-state index contributed by atoms with van der Waals surface area (Å²) in [4.78, 5) is 0.